The minimum Gasteiger partial charge on any atom is -0.424 e. The van der Waals surface area contributed by atoms with Crippen molar-refractivity contribution in [3.05, 3.63) is 63.5 Å². The van der Waals surface area contributed by atoms with Crippen LogP contribution in [0.2, 0.25) is 0 Å². The van der Waals surface area contributed by atoms with Crippen LogP contribution >= 0.6 is 15.9 Å². The number of nitrogens with two attached hydrogens (primary N) is 1. The molecule has 1 amide bonds. The van der Waals surface area contributed by atoms with E-state index in [0.29, 0.717) is 22.2 Å². The van der Waals surface area contributed by atoms with Gasteiger partial charge in [-0.05, 0) is 42.8 Å². The maximum absolute atomic E-state index is 14.5. The molecule has 0 aliphatic rings. The van der Waals surface area contributed by atoms with Gasteiger partial charge in [0.2, 0.25) is 5.91 Å². The first-order valence-electron chi connectivity index (χ1n) is 8.29. The topological polar surface area (TPSA) is 91.4 Å². The molecule has 0 saturated carbocycles. The largest absolute Gasteiger partial charge is 0.424 e. The number of benzene rings is 2. The molecule has 0 saturated heterocycles. The van der Waals surface area contributed by atoms with Gasteiger partial charge in [0, 0.05) is 34.1 Å². The molecule has 3 aromatic rings. The van der Waals surface area contributed by atoms with E-state index in [1.807, 2.05) is 0 Å². The number of aromatic nitrogens is 1. The van der Waals surface area contributed by atoms with Gasteiger partial charge in [-0.15, -0.1) is 0 Å². The minimum atomic E-state index is -0.796. The standard InChI is InChI=1S/C20H16BrFN2O4/c1-10-14(8-19(23)26)15-7-18(28-11(2)25)16(22)9-17(15)24(10)20(27)12-3-5-13(21)6-4-12/h3-7,9H,8H2,1-2H3,(H2,23,26). The van der Waals surface area contributed by atoms with Crippen LogP contribution in [0.5, 0.6) is 5.75 Å². The second kappa shape index (κ2) is 7.55. The van der Waals surface area contributed by atoms with E-state index in [1.54, 1.807) is 31.2 Å². The molecule has 1 heterocycles. The van der Waals surface area contributed by atoms with E-state index >= 15 is 0 Å². The Bertz CT molecular complexity index is 1120. The molecule has 0 aliphatic carbocycles. The average molecular weight is 447 g/mol. The maximum Gasteiger partial charge on any atom is 0.308 e. The molecule has 0 atom stereocenters. The van der Waals surface area contributed by atoms with Crippen LogP contribution in [0.3, 0.4) is 0 Å². The summed E-state index contributed by atoms with van der Waals surface area (Å²) in [6.45, 7) is 2.81. The molecule has 2 aromatic carbocycles. The van der Waals surface area contributed by atoms with Crippen LogP contribution in [0.4, 0.5) is 4.39 Å². The quantitative estimate of drug-likeness (QED) is 0.490. The Morgan fingerprint density at radius 2 is 1.82 bits per heavy atom. The van der Waals surface area contributed by atoms with E-state index in [4.69, 9.17) is 10.5 Å². The number of halogens is 2. The Hall–Kier alpha value is -3.00. The van der Waals surface area contributed by atoms with Gasteiger partial charge in [0.15, 0.2) is 11.6 Å². The predicted molar refractivity (Wildman–Crippen MR) is 105 cm³/mol. The zero-order valence-electron chi connectivity index (χ0n) is 15.1. The summed E-state index contributed by atoms with van der Waals surface area (Å²) in [6.07, 6.45) is -0.145. The number of rotatable bonds is 4. The SMILES string of the molecule is CC(=O)Oc1cc2c(CC(N)=O)c(C)n(C(=O)c3ccc(Br)cc3)c2cc1F. The molecule has 0 aliphatic heterocycles. The number of esters is 1. The predicted octanol–water partition coefficient (Wildman–Crippen LogP) is 3.49. The fourth-order valence-electron chi connectivity index (χ4n) is 3.09. The Morgan fingerprint density at radius 1 is 1.18 bits per heavy atom. The van der Waals surface area contributed by atoms with Crippen molar-refractivity contribution in [2.45, 2.75) is 20.3 Å². The lowest BCUT2D eigenvalue weighted by Gasteiger charge is -2.08. The van der Waals surface area contributed by atoms with E-state index < -0.39 is 17.7 Å². The highest BCUT2D eigenvalue weighted by atomic mass is 79.9. The number of nitrogens with zero attached hydrogens (tertiary/aromatic N) is 1. The highest BCUT2D eigenvalue weighted by Gasteiger charge is 2.23. The van der Waals surface area contributed by atoms with Crippen LogP contribution in [0.15, 0.2) is 40.9 Å². The molecule has 1 aromatic heterocycles. The second-order valence-corrected chi connectivity index (χ2v) is 7.16. The lowest BCUT2D eigenvalue weighted by Crippen LogP contribution is -2.16. The number of amides is 1. The highest BCUT2D eigenvalue weighted by Crippen LogP contribution is 2.32. The van der Waals surface area contributed by atoms with E-state index in [2.05, 4.69) is 15.9 Å². The third kappa shape index (κ3) is 3.68. The van der Waals surface area contributed by atoms with Crippen LogP contribution in [0, 0.1) is 12.7 Å². The molecule has 0 radical (unpaired) electrons. The van der Waals surface area contributed by atoms with Gasteiger partial charge in [-0.25, -0.2) is 4.39 Å². The molecule has 28 heavy (non-hydrogen) atoms. The Balaban J connectivity index is 2.27. The van der Waals surface area contributed by atoms with Gasteiger partial charge in [-0.1, -0.05) is 15.9 Å². The fraction of sp³-hybridized carbons (Fsp3) is 0.150. The monoisotopic (exact) mass is 446 g/mol. The minimum absolute atomic E-state index is 0.145. The normalized spacial score (nSPS) is 10.9. The summed E-state index contributed by atoms with van der Waals surface area (Å²) in [4.78, 5) is 35.9. The Kier molecular flexibility index (Phi) is 5.33. The number of fused-ring (bicyclic) bond motifs is 1. The van der Waals surface area contributed by atoms with Crippen LogP contribution in [0.25, 0.3) is 10.9 Å². The first kappa shape index (κ1) is 19.8. The molecular formula is C20H16BrFN2O4. The van der Waals surface area contributed by atoms with Crippen molar-refractivity contribution in [2.24, 2.45) is 5.73 Å². The van der Waals surface area contributed by atoms with E-state index in [9.17, 15) is 18.8 Å². The van der Waals surface area contributed by atoms with Crippen molar-refractivity contribution in [3.8, 4) is 5.75 Å². The zero-order chi connectivity index (χ0) is 20.6. The van der Waals surface area contributed by atoms with E-state index in [1.165, 1.54) is 10.6 Å². The Labute approximate surface area is 168 Å². The second-order valence-electron chi connectivity index (χ2n) is 6.25. The molecule has 6 nitrogen and oxygen atoms in total. The summed E-state index contributed by atoms with van der Waals surface area (Å²) in [5.74, 6) is -2.74. The van der Waals surface area contributed by atoms with Crippen molar-refractivity contribution < 1.29 is 23.5 Å². The van der Waals surface area contributed by atoms with E-state index in [0.717, 1.165) is 17.5 Å². The average Bonchev–Trinajstić information content (AvgIpc) is 2.86. The summed E-state index contributed by atoms with van der Waals surface area (Å²) in [5.41, 5.74) is 6.93. The van der Waals surface area contributed by atoms with Gasteiger partial charge < -0.3 is 10.5 Å². The van der Waals surface area contributed by atoms with Crippen molar-refractivity contribution >= 4 is 44.6 Å². The van der Waals surface area contributed by atoms with Crippen molar-refractivity contribution in [3.63, 3.8) is 0 Å². The van der Waals surface area contributed by atoms with Crippen LogP contribution in [-0.2, 0) is 16.0 Å². The summed E-state index contributed by atoms with van der Waals surface area (Å²) < 4.78 is 21.5. The van der Waals surface area contributed by atoms with Gasteiger partial charge in [-0.2, -0.15) is 0 Å². The number of ether oxygens (including phenoxy) is 1. The molecule has 0 spiro atoms. The van der Waals surface area contributed by atoms with Gasteiger partial charge in [0.05, 0.1) is 11.9 Å². The highest BCUT2D eigenvalue weighted by molar-refractivity contribution is 9.10. The first-order valence-corrected chi connectivity index (χ1v) is 9.08. The van der Waals surface area contributed by atoms with E-state index in [-0.39, 0.29) is 23.6 Å². The Morgan fingerprint density at radius 3 is 2.39 bits per heavy atom. The summed E-state index contributed by atoms with van der Waals surface area (Å²) in [6, 6.07) is 9.13. The van der Waals surface area contributed by atoms with Crippen LogP contribution in [-0.4, -0.2) is 22.4 Å². The number of hydrogen-bond acceptors (Lipinski definition) is 4. The number of hydrogen-bond donors (Lipinski definition) is 1. The zero-order valence-corrected chi connectivity index (χ0v) is 16.7. The van der Waals surface area contributed by atoms with Crippen molar-refractivity contribution in [1.29, 1.82) is 0 Å². The van der Waals surface area contributed by atoms with Gasteiger partial charge in [0.25, 0.3) is 5.91 Å². The van der Waals surface area contributed by atoms with Crippen molar-refractivity contribution in [1.82, 2.24) is 4.57 Å². The number of carbonyl (C=O) groups excluding carboxylic acids is 3. The molecule has 3 rings (SSSR count). The fourth-order valence-corrected chi connectivity index (χ4v) is 3.36. The third-order valence-electron chi connectivity index (χ3n) is 4.29. The summed E-state index contributed by atoms with van der Waals surface area (Å²) >= 11 is 3.31. The van der Waals surface area contributed by atoms with Gasteiger partial charge >= 0.3 is 5.97 Å². The molecule has 0 fully saturated rings. The number of primary amides is 1. The van der Waals surface area contributed by atoms with Gasteiger partial charge in [-0.3, -0.25) is 19.0 Å². The van der Waals surface area contributed by atoms with Gasteiger partial charge in [0.1, 0.15) is 0 Å². The summed E-state index contributed by atoms with van der Waals surface area (Å²) in [7, 11) is 0. The molecule has 8 heteroatoms. The summed E-state index contributed by atoms with van der Waals surface area (Å²) in [5, 5.41) is 0.416. The maximum atomic E-state index is 14.5. The molecule has 2 N–H and O–H groups in total. The number of carbonyl (C=O) groups is 3. The lowest BCUT2D eigenvalue weighted by molar-refractivity contribution is -0.132. The van der Waals surface area contributed by atoms with Crippen molar-refractivity contribution in [2.75, 3.05) is 0 Å². The third-order valence-corrected chi connectivity index (χ3v) is 4.82. The molecule has 0 bridgehead atoms. The molecule has 0 unspecified atom stereocenters. The molecular weight excluding hydrogens is 431 g/mol. The van der Waals surface area contributed by atoms with Crippen LogP contribution in [0.1, 0.15) is 28.5 Å². The molecule has 144 valence electrons. The smallest absolute Gasteiger partial charge is 0.308 e. The first-order chi connectivity index (χ1) is 13.2. The van der Waals surface area contributed by atoms with Crippen LogP contribution < -0.4 is 10.5 Å². The lowest BCUT2D eigenvalue weighted by atomic mass is 10.1.